The minimum atomic E-state index is -0.0971. The summed E-state index contributed by atoms with van der Waals surface area (Å²) in [5.41, 5.74) is 2.28. The molecule has 2 N–H and O–H groups in total. The molecule has 5 heteroatoms. The number of aromatic nitrogens is 2. The summed E-state index contributed by atoms with van der Waals surface area (Å²) in [6, 6.07) is 5.44. The highest BCUT2D eigenvalue weighted by Gasteiger charge is 2.02. The summed E-state index contributed by atoms with van der Waals surface area (Å²) in [5, 5.41) is 5.72. The van der Waals surface area contributed by atoms with Crippen LogP contribution in [0.1, 0.15) is 0 Å². The van der Waals surface area contributed by atoms with Gasteiger partial charge in [0, 0.05) is 24.6 Å². The Kier molecular flexibility index (Phi) is 3.98. The van der Waals surface area contributed by atoms with Crippen molar-refractivity contribution < 1.29 is 4.79 Å². The van der Waals surface area contributed by atoms with Crippen LogP contribution in [0.25, 0.3) is 11.0 Å². The molecule has 1 aromatic heterocycles. The van der Waals surface area contributed by atoms with E-state index in [1.165, 1.54) is 0 Å². The highest BCUT2D eigenvalue weighted by Crippen LogP contribution is 2.14. The molecule has 0 aliphatic heterocycles. The molecular weight excluding hydrogens is 228 g/mol. The van der Waals surface area contributed by atoms with Crippen LogP contribution in [-0.4, -0.2) is 29.0 Å². The SMILES string of the molecule is C=CCNCC(=O)Nc1ccc2nccnc2c1. The van der Waals surface area contributed by atoms with Gasteiger partial charge in [0.1, 0.15) is 0 Å². The topological polar surface area (TPSA) is 66.9 Å². The van der Waals surface area contributed by atoms with E-state index in [1.807, 2.05) is 12.1 Å². The normalized spacial score (nSPS) is 10.2. The number of rotatable bonds is 5. The fraction of sp³-hybridized carbons (Fsp3) is 0.154. The lowest BCUT2D eigenvalue weighted by molar-refractivity contribution is -0.115. The number of anilines is 1. The molecule has 0 saturated carbocycles. The van der Waals surface area contributed by atoms with Crippen LogP contribution >= 0.6 is 0 Å². The van der Waals surface area contributed by atoms with E-state index >= 15 is 0 Å². The molecule has 1 heterocycles. The van der Waals surface area contributed by atoms with E-state index < -0.39 is 0 Å². The number of carbonyl (C=O) groups is 1. The zero-order valence-electron chi connectivity index (χ0n) is 9.89. The molecule has 1 aromatic carbocycles. The zero-order valence-corrected chi connectivity index (χ0v) is 9.89. The largest absolute Gasteiger partial charge is 0.325 e. The molecule has 0 spiro atoms. The van der Waals surface area contributed by atoms with E-state index in [0.29, 0.717) is 12.2 Å². The number of nitrogens with zero attached hydrogens (tertiary/aromatic N) is 2. The van der Waals surface area contributed by atoms with Crippen LogP contribution in [0.4, 0.5) is 5.69 Å². The van der Waals surface area contributed by atoms with Gasteiger partial charge in [-0.15, -0.1) is 6.58 Å². The second-order valence-corrected chi connectivity index (χ2v) is 3.73. The molecule has 1 amide bonds. The van der Waals surface area contributed by atoms with Crippen LogP contribution in [0, 0.1) is 0 Å². The van der Waals surface area contributed by atoms with Crippen molar-refractivity contribution in [1.82, 2.24) is 15.3 Å². The molecule has 0 bridgehead atoms. The van der Waals surface area contributed by atoms with Crippen molar-refractivity contribution in [2.45, 2.75) is 0 Å². The number of hydrogen-bond donors (Lipinski definition) is 2. The Morgan fingerprint density at radius 3 is 2.83 bits per heavy atom. The van der Waals surface area contributed by atoms with Crippen LogP contribution in [0.15, 0.2) is 43.2 Å². The first-order chi connectivity index (χ1) is 8.79. The number of fused-ring (bicyclic) bond motifs is 1. The molecule has 2 rings (SSSR count). The molecule has 0 atom stereocenters. The maximum absolute atomic E-state index is 11.6. The van der Waals surface area contributed by atoms with Crippen LogP contribution in [-0.2, 0) is 4.79 Å². The predicted molar refractivity (Wildman–Crippen MR) is 71.2 cm³/mol. The van der Waals surface area contributed by atoms with Crippen molar-refractivity contribution in [1.29, 1.82) is 0 Å². The summed E-state index contributed by atoms with van der Waals surface area (Å²) in [6.07, 6.45) is 4.97. The summed E-state index contributed by atoms with van der Waals surface area (Å²) in [4.78, 5) is 19.9. The van der Waals surface area contributed by atoms with Crippen molar-refractivity contribution in [2.24, 2.45) is 0 Å². The average molecular weight is 242 g/mol. The lowest BCUT2D eigenvalue weighted by Crippen LogP contribution is -2.28. The smallest absolute Gasteiger partial charge is 0.238 e. The fourth-order valence-electron chi connectivity index (χ4n) is 1.53. The Labute approximate surface area is 105 Å². The summed E-state index contributed by atoms with van der Waals surface area (Å²) in [5.74, 6) is -0.0971. The number of hydrogen-bond acceptors (Lipinski definition) is 4. The third-order valence-electron chi connectivity index (χ3n) is 2.33. The van der Waals surface area contributed by atoms with Gasteiger partial charge in [0.25, 0.3) is 0 Å². The van der Waals surface area contributed by atoms with E-state index in [4.69, 9.17) is 0 Å². The van der Waals surface area contributed by atoms with E-state index in [0.717, 1.165) is 11.0 Å². The van der Waals surface area contributed by atoms with Crippen LogP contribution < -0.4 is 10.6 Å². The van der Waals surface area contributed by atoms with Gasteiger partial charge in [-0.3, -0.25) is 14.8 Å². The van der Waals surface area contributed by atoms with Gasteiger partial charge in [0.2, 0.25) is 5.91 Å². The average Bonchev–Trinajstić information content (AvgIpc) is 2.39. The Balaban J connectivity index is 2.03. The number of benzene rings is 1. The minimum Gasteiger partial charge on any atom is -0.325 e. The molecule has 0 radical (unpaired) electrons. The van der Waals surface area contributed by atoms with Crippen molar-refractivity contribution >= 4 is 22.6 Å². The highest BCUT2D eigenvalue weighted by atomic mass is 16.1. The molecule has 0 fully saturated rings. The lowest BCUT2D eigenvalue weighted by atomic mass is 10.2. The molecular formula is C13H14N4O. The van der Waals surface area contributed by atoms with Crippen LogP contribution in [0.5, 0.6) is 0 Å². The van der Waals surface area contributed by atoms with Crippen LogP contribution in [0.2, 0.25) is 0 Å². The molecule has 18 heavy (non-hydrogen) atoms. The van der Waals surface area contributed by atoms with E-state index in [-0.39, 0.29) is 12.5 Å². The quantitative estimate of drug-likeness (QED) is 0.613. The second kappa shape index (κ2) is 5.88. The van der Waals surface area contributed by atoms with Crippen molar-refractivity contribution in [3.63, 3.8) is 0 Å². The Morgan fingerprint density at radius 2 is 2.06 bits per heavy atom. The summed E-state index contributed by atoms with van der Waals surface area (Å²) in [6.45, 7) is 4.43. The monoisotopic (exact) mass is 242 g/mol. The van der Waals surface area contributed by atoms with Gasteiger partial charge in [-0.2, -0.15) is 0 Å². The first-order valence-electron chi connectivity index (χ1n) is 5.62. The fourth-order valence-corrected chi connectivity index (χ4v) is 1.53. The molecule has 0 unspecified atom stereocenters. The van der Waals surface area contributed by atoms with Gasteiger partial charge < -0.3 is 10.6 Å². The van der Waals surface area contributed by atoms with Crippen molar-refractivity contribution in [3.05, 3.63) is 43.2 Å². The molecule has 0 aliphatic rings. The Morgan fingerprint density at radius 1 is 1.28 bits per heavy atom. The summed E-state index contributed by atoms with van der Waals surface area (Å²) < 4.78 is 0. The van der Waals surface area contributed by atoms with Gasteiger partial charge in [-0.05, 0) is 18.2 Å². The number of carbonyl (C=O) groups excluding carboxylic acids is 1. The maximum atomic E-state index is 11.6. The van der Waals surface area contributed by atoms with Crippen LogP contribution in [0.3, 0.4) is 0 Å². The summed E-state index contributed by atoms with van der Waals surface area (Å²) in [7, 11) is 0. The molecule has 0 saturated heterocycles. The van der Waals surface area contributed by atoms with E-state index in [2.05, 4.69) is 27.2 Å². The van der Waals surface area contributed by atoms with Crippen molar-refractivity contribution in [3.8, 4) is 0 Å². The molecule has 0 aliphatic carbocycles. The first kappa shape index (κ1) is 12.2. The Bertz CT molecular complexity index is 568. The predicted octanol–water partition coefficient (Wildman–Crippen LogP) is 1.34. The summed E-state index contributed by atoms with van der Waals surface area (Å²) >= 11 is 0. The molecule has 92 valence electrons. The lowest BCUT2D eigenvalue weighted by Gasteiger charge is -2.06. The second-order valence-electron chi connectivity index (χ2n) is 3.73. The third kappa shape index (κ3) is 3.11. The number of nitrogens with one attached hydrogen (secondary N) is 2. The van der Waals surface area contributed by atoms with Gasteiger partial charge >= 0.3 is 0 Å². The molecule has 5 nitrogen and oxygen atoms in total. The van der Waals surface area contributed by atoms with Gasteiger partial charge in [0.05, 0.1) is 17.6 Å². The maximum Gasteiger partial charge on any atom is 0.238 e. The highest BCUT2D eigenvalue weighted by molar-refractivity contribution is 5.94. The standard InChI is InChI=1S/C13H14N4O/c1-2-5-14-9-13(18)17-10-3-4-11-12(8-10)16-7-6-15-11/h2-4,6-8,14H,1,5,9H2,(H,17,18). The molecule has 2 aromatic rings. The Hall–Kier alpha value is -2.27. The number of amides is 1. The zero-order chi connectivity index (χ0) is 12.8. The minimum absolute atomic E-state index is 0.0971. The third-order valence-corrected chi connectivity index (χ3v) is 2.33. The van der Waals surface area contributed by atoms with Gasteiger partial charge in [0.15, 0.2) is 0 Å². The van der Waals surface area contributed by atoms with E-state index in [9.17, 15) is 4.79 Å². The van der Waals surface area contributed by atoms with Crippen molar-refractivity contribution in [2.75, 3.05) is 18.4 Å². The van der Waals surface area contributed by atoms with Gasteiger partial charge in [-0.1, -0.05) is 6.08 Å². The van der Waals surface area contributed by atoms with Gasteiger partial charge in [-0.25, -0.2) is 0 Å². The van der Waals surface area contributed by atoms with E-state index in [1.54, 1.807) is 24.5 Å². The first-order valence-corrected chi connectivity index (χ1v) is 5.62.